The standard InChI is InChI=1S/C8H6F3NO2/c1-14-7(13)6-4-5(2-3-12-6)8(9,10)11/h2-4H,1H3. The molecular formula is C8H6F3NO2. The van der Waals surface area contributed by atoms with Crippen LogP contribution in [0.25, 0.3) is 0 Å². The molecule has 1 aromatic rings. The Hall–Kier alpha value is -1.59. The lowest BCUT2D eigenvalue weighted by molar-refractivity contribution is -0.137. The molecule has 3 nitrogen and oxygen atoms in total. The topological polar surface area (TPSA) is 39.2 Å². The van der Waals surface area contributed by atoms with E-state index in [4.69, 9.17) is 0 Å². The van der Waals surface area contributed by atoms with Crippen LogP contribution in [0.4, 0.5) is 13.2 Å². The maximum atomic E-state index is 12.2. The van der Waals surface area contributed by atoms with E-state index >= 15 is 0 Å². The number of rotatable bonds is 1. The summed E-state index contributed by atoms with van der Waals surface area (Å²) < 4.78 is 40.7. The van der Waals surface area contributed by atoms with Crippen LogP contribution in [0.15, 0.2) is 18.3 Å². The number of esters is 1. The maximum Gasteiger partial charge on any atom is 0.416 e. The number of hydrogen-bond acceptors (Lipinski definition) is 3. The predicted octanol–water partition coefficient (Wildman–Crippen LogP) is 1.89. The molecule has 0 unspecified atom stereocenters. The number of methoxy groups -OCH3 is 1. The summed E-state index contributed by atoms with van der Waals surface area (Å²) in [6.07, 6.45) is -3.57. The fourth-order valence-electron chi connectivity index (χ4n) is 0.823. The summed E-state index contributed by atoms with van der Waals surface area (Å²) >= 11 is 0. The van der Waals surface area contributed by atoms with Crippen molar-refractivity contribution in [3.63, 3.8) is 0 Å². The van der Waals surface area contributed by atoms with E-state index in [0.717, 1.165) is 19.4 Å². The second-order valence-electron chi connectivity index (χ2n) is 2.42. The van der Waals surface area contributed by atoms with Crippen molar-refractivity contribution in [2.24, 2.45) is 0 Å². The van der Waals surface area contributed by atoms with Crippen LogP contribution >= 0.6 is 0 Å². The van der Waals surface area contributed by atoms with Crippen LogP contribution in [0, 0.1) is 0 Å². The molecule has 14 heavy (non-hydrogen) atoms. The molecule has 0 spiro atoms. The SMILES string of the molecule is COC(=O)c1cc(C(F)(F)F)ccn1. The Bertz CT molecular complexity index is 349. The van der Waals surface area contributed by atoms with Crippen molar-refractivity contribution in [3.05, 3.63) is 29.6 Å². The Kier molecular flexibility index (Phi) is 2.73. The van der Waals surface area contributed by atoms with E-state index in [0.29, 0.717) is 6.07 Å². The highest BCUT2D eigenvalue weighted by molar-refractivity contribution is 5.87. The fourth-order valence-corrected chi connectivity index (χ4v) is 0.823. The van der Waals surface area contributed by atoms with E-state index in [1.807, 2.05) is 0 Å². The summed E-state index contributed by atoms with van der Waals surface area (Å²) in [4.78, 5) is 14.3. The van der Waals surface area contributed by atoms with E-state index in [9.17, 15) is 18.0 Å². The van der Waals surface area contributed by atoms with E-state index in [2.05, 4.69) is 9.72 Å². The minimum atomic E-state index is -4.48. The number of ether oxygens (including phenoxy) is 1. The molecule has 1 rings (SSSR count). The number of hydrogen-bond donors (Lipinski definition) is 0. The highest BCUT2D eigenvalue weighted by atomic mass is 19.4. The van der Waals surface area contributed by atoms with Crippen molar-refractivity contribution in [3.8, 4) is 0 Å². The molecule has 1 heterocycles. The lowest BCUT2D eigenvalue weighted by Gasteiger charge is -2.06. The van der Waals surface area contributed by atoms with E-state index in [1.54, 1.807) is 0 Å². The number of pyridine rings is 1. The van der Waals surface area contributed by atoms with Gasteiger partial charge in [0.05, 0.1) is 12.7 Å². The summed E-state index contributed by atoms with van der Waals surface area (Å²) in [7, 11) is 1.07. The highest BCUT2D eigenvalue weighted by Crippen LogP contribution is 2.28. The molecule has 1 aromatic heterocycles. The summed E-state index contributed by atoms with van der Waals surface area (Å²) in [5.41, 5.74) is -1.28. The molecule has 0 fully saturated rings. The molecule has 0 atom stereocenters. The van der Waals surface area contributed by atoms with E-state index < -0.39 is 17.7 Å². The zero-order valence-electron chi connectivity index (χ0n) is 7.13. The normalized spacial score (nSPS) is 11.1. The van der Waals surface area contributed by atoms with Gasteiger partial charge in [0.2, 0.25) is 0 Å². The monoisotopic (exact) mass is 205 g/mol. The van der Waals surface area contributed by atoms with Gasteiger partial charge in [-0.2, -0.15) is 13.2 Å². The third-order valence-corrected chi connectivity index (χ3v) is 1.48. The zero-order chi connectivity index (χ0) is 10.8. The lowest BCUT2D eigenvalue weighted by Crippen LogP contribution is -2.09. The Labute approximate surface area is 77.5 Å². The van der Waals surface area contributed by atoms with Gasteiger partial charge in [0.1, 0.15) is 5.69 Å². The average Bonchev–Trinajstić information content (AvgIpc) is 2.15. The molecule has 0 radical (unpaired) electrons. The second kappa shape index (κ2) is 3.65. The Morgan fingerprint density at radius 3 is 2.64 bits per heavy atom. The molecule has 0 amide bonds. The Balaban J connectivity index is 3.08. The van der Waals surface area contributed by atoms with E-state index in [-0.39, 0.29) is 5.69 Å². The van der Waals surface area contributed by atoms with Gasteiger partial charge in [0.15, 0.2) is 0 Å². The summed E-state index contributed by atoms with van der Waals surface area (Å²) in [5, 5.41) is 0. The van der Waals surface area contributed by atoms with Gasteiger partial charge in [0.25, 0.3) is 0 Å². The minimum absolute atomic E-state index is 0.359. The van der Waals surface area contributed by atoms with Gasteiger partial charge in [-0.3, -0.25) is 0 Å². The lowest BCUT2D eigenvalue weighted by atomic mass is 10.2. The number of nitrogens with zero attached hydrogens (tertiary/aromatic N) is 1. The first-order valence-corrected chi connectivity index (χ1v) is 3.56. The molecule has 0 aliphatic heterocycles. The smallest absolute Gasteiger partial charge is 0.416 e. The van der Waals surface area contributed by atoms with Crippen LogP contribution < -0.4 is 0 Å². The number of halogens is 3. The summed E-state index contributed by atoms with van der Waals surface area (Å²) in [6.45, 7) is 0. The first kappa shape index (κ1) is 10.5. The third kappa shape index (κ3) is 2.21. The van der Waals surface area contributed by atoms with Crippen LogP contribution in [0.2, 0.25) is 0 Å². The molecule has 0 aliphatic rings. The molecule has 0 bridgehead atoms. The number of carbonyl (C=O) groups excluding carboxylic acids is 1. The first-order valence-electron chi connectivity index (χ1n) is 3.56. The summed E-state index contributed by atoms with van der Waals surface area (Å²) in [5.74, 6) is -0.893. The van der Waals surface area contributed by atoms with Gasteiger partial charge in [0, 0.05) is 6.20 Å². The fraction of sp³-hybridized carbons (Fsp3) is 0.250. The number of carbonyl (C=O) groups is 1. The molecule has 0 saturated heterocycles. The van der Waals surface area contributed by atoms with Gasteiger partial charge in [-0.15, -0.1) is 0 Å². The Morgan fingerprint density at radius 2 is 2.14 bits per heavy atom. The van der Waals surface area contributed by atoms with Gasteiger partial charge >= 0.3 is 12.1 Å². The molecule has 0 aromatic carbocycles. The quantitative estimate of drug-likeness (QED) is 0.657. The van der Waals surface area contributed by atoms with Gasteiger partial charge in [-0.1, -0.05) is 0 Å². The number of alkyl halides is 3. The molecular weight excluding hydrogens is 199 g/mol. The largest absolute Gasteiger partial charge is 0.464 e. The van der Waals surface area contributed by atoms with E-state index in [1.165, 1.54) is 0 Å². The van der Waals surface area contributed by atoms with Crippen LogP contribution in [-0.2, 0) is 10.9 Å². The predicted molar refractivity (Wildman–Crippen MR) is 40.6 cm³/mol. The zero-order valence-corrected chi connectivity index (χ0v) is 7.13. The highest BCUT2D eigenvalue weighted by Gasteiger charge is 2.31. The van der Waals surface area contributed by atoms with Crippen LogP contribution in [0.1, 0.15) is 16.1 Å². The van der Waals surface area contributed by atoms with Crippen molar-refractivity contribution in [2.75, 3.05) is 7.11 Å². The Morgan fingerprint density at radius 1 is 1.50 bits per heavy atom. The number of aromatic nitrogens is 1. The average molecular weight is 205 g/mol. The van der Waals surface area contributed by atoms with Crippen molar-refractivity contribution in [1.29, 1.82) is 0 Å². The first-order chi connectivity index (χ1) is 6.45. The van der Waals surface area contributed by atoms with Crippen LogP contribution in [0.5, 0.6) is 0 Å². The molecule has 76 valence electrons. The molecule has 0 aliphatic carbocycles. The van der Waals surface area contributed by atoms with Crippen LogP contribution in [0.3, 0.4) is 0 Å². The van der Waals surface area contributed by atoms with Crippen molar-refractivity contribution < 1.29 is 22.7 Å². The van der Waals surface area contributed by atoms with Crippen molar-refractivity contribution >= 4 is 5.97 Å². The van der Waals surface area contributed by atoms with Gasteiger partial charge in [-0.05, 0) is 12.1 Å². The van der Waals surface area contributed by atoms with Crippen molar-refractivity contribution in [2.45, 2.75) is 6.18 Å². The second-order valence-corrected chi connectivity index (χ2v) is 2.42. The van der Waals surface area contributed by atoms with Crippen molar-refractivity contribution in [1.82, 2.24) is 4.98 Å². The van der Waals surface area contributed by atoms with Gasteiger partial charge in [-0.25, -0.2) is 9.78 Å². The minimum Gasteiger partial charge on any atom is -0.464 e. The molecule has 0 N–H and O–H groups in total. The van der Waals surface area contributed by atoms with Crippen LogP contribution in [-0.4, -0.2) is 18.1 Å². The molecule has 6 heteroatoms. The maximum absolute atomic E-state index is 12.2. The third-order valence-electron chi connectivity index (χ3n) is 1.48. The molecule has 0 saturated carbocycles. The van der Waals surface area contributed by atoms with Gasteiger partial charge < -0.3 is 4.74 Å². The summed E-state index contributed by atoms with van der Waals surface area (Å²) in [6, 6.07) is 1.43.